The van der Waals surface area contributed by atoms with Crippen LogP contribution in [0.4, 0.5) is 19.0 Å². The van der Waals surface area contributed by atoms with Crippen molar-refractivity contribution in [1.82, 2.24) is 4.98 Å². The summed E-state index contributed by atoms with van der Waals surface area (Å²) < 4.78 is 50.1. The Balaban J connectivity index is 1.80. The van der Waals surface area contributed by atoms with Crippen LogP contribution in [0.5, 0.6) is 11.5 Å². The molecule has 1 heterocycles. The summed E-state index contributed by atoms with van der Waals surface area (Å²) in [6, 6.07) is 11.9. The van der Waals surface area contributed by atoms with Gasteiger partial charge in [0.05, 0.1) is 22.8 Å². The molecule has 0 aliphatic carbocycles. The largest absolute Gasteiger partial charge is 0.490 e. The normalized spacial score (nSPS) is 11.2. The predicted molar refractivity (Wildman–Crippen MR) is 117 cm³/mol. The van der Waals surface area contributed by atoms with Gasteiger partial charge in [0.25, 0.3) is 5.91 Å². The number of carbonyl (C=O) groups is 2. The number of halogens is 3. The maximum Gasteiger partial charge on any atom is 0.416 e. The van der Waals surface area contributed by atoms with Crippen molar-refractivity contribution in [1.29, 1.82) is 0 Å². The molecule has 0 aliphatic rings. The summed E-state index contributed by atoms with van der Waals surface area (Å²) in [5, 5.41) is 11.5. The van der Waals surface area contributed by atoms with Crippen LogP contribution in [-0.4, -0.2) is 28.1 Å². The van der Waals surface area contributed by atoms with E-state index in [-0.39, 0.29) is 41.2 Å². The zero-order valence-corrected chi connectivity index (χ0v) is 18.2. The number of rotatable bonds is 8. The first kappa shape index (κ1) is 24.6. The highest BCUT2D eigenvalue weighted by molar-refractivity contribution is 6.06. The molecule has 0 aliphatic heterocycles. The molecular formula is C24H21F3N2O5. The van der Waals surface area contributed by atoms with Gasteiger partial charge in [-0.3, -0.25) is 4.79 Å². The van der Waals surface area contributed by atoms with E-state index in [0.29, 0.717) is 5.56 Å². The van der Waals surface area contributed by atoms with Gasteiger partial charge in [-0.05, 0) is 61.9 Å². The van der Waals surface area contributed by atoms with Crippen molar-refractivity contribution in [2.75, 3.05) is 5.32 Å². The number of carboxylic acids is 1. The minimum atomic E-state index is -4.46. The van der Waals surface area contributed by atoms with Crippen LogP contribution in [-0.2, 0) is 12.8 Å². The molecule has 0 saturated carbocycles. The number of benzene rings is 2. The number of carboxylic acid groups (broad SMARTS) is 1. The Morgan fingerprint density at radius 2 is 1.85 bits per heavy atom. The van der Waals surface area contributed by atoms with E-state index in [1.54, 1.807) is 19.9 Å². The first-order valence-corrected chi connectivity index (χ1v) is 10.1. The molecule has 0 atom stereocenters. The van der Waals surface area contributed by atoms with E-state index in [1.165, 1.54) is 36.4 Å². The highest BCUT2D eigenvalue weighted by Gasteiger charge is 2.30. The lowest BCUT2D eigenvalue weighted by Crippen LogP contribution is -2.17. The van der Waals surface area contributed by atoms with Crippen LogP contribution in [0.15, 0.2) is 60.8 Å². The minimum absolute atomic E-state index is 0.0354. The number of nitrogens with one attached hydrogen (secondary N) is 1. The van der Waals surface area contributed by atoms with E-state index in [0.717, 1.165) is 18.3 Å². The van der Waals surface area contributed by atoms with E-state index in [1.807, 2.05) is 0 Å². The van der Waals surface area contributed by atoms with Crippen molar-refractivity contribution >= 4 is 17.7 Å². The Morgan fingerprint density at radius 1 is 1.09 bits per heavy atom. The summed E-state index contributed by atoms with van der Waals surface area (Å²) in [5.74, 6) is -1.10. The number of hydrogen-bond acceptors (Lipinski definition) is 5. The fourth-order valence-electron chi connectivity index (χ4n) is 2.92. The third-order valence-electron chi connectivity index (χ3n) is 4.47. The van der Waals surface area contributed by atoms with E-state index >= 15 is 0 Å². The predicted octanol–water partition coefficient (Wildman–Crippen LogP) is 5.42. The fourth-order valence-corrected chi connectivity index (χ4v) is 2.92. The quantitative estimate of drug-likeness (QED) is 0.453. The molecule has 0 spiro atoms. The topological polar surface area (TPSA) is 97.8 Å². The average Bonchev–Trinajstić information content (AvgIpc) is 2.78. The molecule has 178 valence electrons. The molecule has 1 aromatic heterocycles. The van der Waals surface area contributed by atoms with Gasteiger partial charge >= 0.3 is 12.1 Å². The number of hydrogen-bond donors (Lipinski definition) is 2. The lowest BCUT2D eigenvalue weighted by atomic mass is 10.1. The summed E-state index contributed by atoms with van der Waals surface area (Å²) in [7, 11) is 0. The number of aromatic nitrogens is 1. The standard InChI is InChI=1S/C24H21F3N2O5/c1-14(2)34-20-8-7-18(33-13-15-4-3-5-17(10-15)24(25,26)27)11-19(20)22(30)29-21-9-6-16(12-28-21)23(31)32/h3-12,14H,13H2,1-2H3,(H,31,32)(H,28,29,30). The number of nitrogens with zero attached hydrogens (tertiary/aromatic N) is 1. The second-order valence-corrected chi connectivity index (χ2v) is 7.50. The molecule has 3 rings (SSSR count). The lowest BCUT2D eigenvalue weighted by molar-refractivity contribution is -0.137. The Hall–Kier alpha value is -4.08. The van der Waals surface area contributed by atoms with Crippen molar-refractivity contribution in [3.05, 3.63) is 83.0 Å². The molecule has 2 N–H and O–H groups in total. The molecular weight excluding hydrogens is 453 g/mol. The molecule has 3 aromatic rings. The van der Waals surface area contributed by atoms with E-state index < -0.39 is 23.6 Å². The number of pyridine rings is 1. The van der Waals surface area contributed by atoms with Crippen LogP contribution in [0.1, 0.15) is 45.7 Å². The monoisotopic (exact) mass is 474 g/mol. The molecule has 2 aromatic carbocycles. The zero-order valence-electron chi connectivity index (χ0n) is 18.2. The molecule has 1 amide bonds. The first-order valence-electron chi connectivity index (χ1n) is 10.1. The Labute approximate surface area is 193 Å². The number of anilines is 1. The van der Waals surface area contributed by atoms with Gasteiger partial charge in [0.1, 0.15) is 23.9 Å². The molecule has 0 bridgehead atoms. The van der Waals surface area contributed by atoms with Crippen LogP contribution in [0.25, 0.3) is 0 Å². The van der Waals surface area contributed by atoms with Crippen LogP contribution >= 0.6 is 0 Å². The van der Waals surface area contributed by atoms with Crippen molar-refractivity contribution in [3.8, 4) is 11.5 Å². The van der Waals surface area contributed by atoms with Crippen molar-refractivity contribution in [2.24, 2.45) is 0 Å². The van der Waals surface area contributed by atoms with Gasteiger partial charge < -0.3 is 19.9 Å². The van der Waals surface area contributed by atoms with Crippen LogP contribution in [0.3, 0.4) is 0 Å². The summed E-state index contributed by atoms with van der Waals surface area (Å²) in [6.07, 6.45) is -3.59. The average molecular weight is 474 g/mol. The van der Waals surface area contributed by atoms with Gasteiger partial charge in [0, 0.05) is 6.20 Å². The molecule has 0 radical (unpaired) electrons. The molecule has 7 nitrogen and oxygen atoms in total. The van der Waals surface area contributed by atoms with Crippen LogP contribution < -0.4 is 14.8 Å². The summed E-state index contributed by atoms with van der Waals surface area (Å²) in [6.45, 7) is 3.42. The smallest absolute Gasteiger partial charge is 0.416 e. The molecule has 0 unspecified atom stereocenters. The van der Waals surface area contributed by atoms with E-state index in [2.05, 4.69) is 10.3 Å². The second-order valence-electron chi connectivity index (χ2n) is 7.50. The highest BCUT2D eigenvalue weighted by Crippen LogP contribution is 2.30. The van der Waals surface area contributed by atoms with Gasteiger partial charge in [0.15, 0.2) is 0 Å². The van der Waals surface area contributed by atoms with E-state index in [9.17, 15) is 22.8 Å². The van der Waals surface area contributed by atoms with Crippen molar-refractivity contribution < 1.29 is 37.3 Å². The third kappa shape index (κ3) is 6.47. The SMILES string of the molecule is CC(C)Oc1ccc(OCc2cccc(C(F)(F)F)c2)cc1C(=O)Nc1ccc(C(=O)O)cn1. The second kappa shape index (κ2) is 10.2. The number of aromatic carboxylic acids is 1. The number of amides is 1. The third-order valence-corrected chi connectivity index (χ3v) is 4.47. The maximum absolute atomic E-state index is 12.9. The Kier molecular flexibility index (Phi) is 7.40. The summed E-state index contributed by atoms with van der Waals surface area (Å²) in [4.78, 5) is 27.8. The summed E-state index contributed by atoms with van der Waals surface area (Å²) >= 11 is 0. The number of carbonyl (C=O) groups excluding carboxylic acids is 1. The summed E-state index contributed by atoms with van der Waals surface area (Å²) in [5.41, 5.74) is -0.395. The maximum atomic E-state index is 12.9. The van der Waals surface area contributed by atoms with Gasteiger partial charge in [0.2, 0.25) is 0 Å². The van der Waals surface area contributed by atoms with Crippen LogP contribution in [0, 0.1) is 0 Å². The Bertz CT molecular complexity index is 1180. The van der Waals surface area contributed by atoms with Gasteiger partial charge in [-0.2, -0.15) is 13.2 Å². The zero-order chi connectivity index (χ0) is 24.9. The van der Waals surface area contributed by atoms with Crippen molar-refractivity contribution in [2.45, 2.75) is 32.7 Å². The molecule has 10 heteroatoms. The first-order chi connectivity index (χ1) is 16.0. The Morgan fingerprint density at radius 3 is 2.47 bits per heavy atom. The number of alkyl halides is 3. The number of ether oxygens (including phenoxy) is 2. The van der Waals surface area contributed by atoms with Gasteiger partial charge in [-0.1, -0.05) is 12.1 Å². The van der Waals surface area contributed by atoms with Gasteiger partial charge in [-0.25, -0.2) is 9.78 Å². The lowest BCUT2D eigenvalue weighted by Gasteiger charge is -2.16. The van der Waals surface area contributed by atoms with Crippen molar-refractivity contribution in [3.63, 3.8) is 0 Å². The van der Waals surface area contributed by atoms with Crippen LogP contribution in [0.2, 0.25) is 0 Å². The molecule has 0 fully saturated rings. The fraction of sp³-hybridized carbons (Fsp3) is 0.208. The molecule has 34 heavy (non-hydrogen) atoms. The van der Waals surface area contributed by atoms with Gasteiger partial charge in [-0.15, -0.1) is 0 Å². The highest BCUT2D eigenvalue weighted by atomic mass is 19.4. The molecule has 0 saturated heterocycles. The van der Waals surface area contributed by atoms with E-state index in [4.69, 9.17) is 14.6 Å². The minimum Gasteiger partial charge on any atom is -0.490 e.